The Balaban J connectivity index is 2.18. The number of hydrogen-bond acceptors (Lipinski definition) is 2. The van der Waals surface area contributed by atoms with Crippen LogP contribution in [0.3, 0.4) is 0 Å². The Bertz CT molecular complexity index is 713. The van der Waals surface area contributed by atoms with Gasteiger partial charge in [-0.1, -0.05) is 23.2 Å². The zero-order valence-electron chi connectivity index (χ0n) is 10.7. The molecule has 0 aliphatic carbocycles. The molecule has 0 spiro atoms. The molecule has 1 N–H and O–H groups in total. The molecule has 0 saturated heterocycles. The lowest BCUT2D eigenvalue weighted by Crippen LogP contribution is -2.13. The van der Waals surface area contributed by atoms with Gasteiger partial charge in [-0.05, 0) is 59.0 Å². The number of hydrogen-bond donors (Lipinski definition) is 1. The quantitative estimate of drug-likeness (QED) is 0.620. The van der Waals surface area contributed by atoms with Crippen LogP contribution in [-0.2, 0) is 0 Å². The van der Waals surface area contributed by atoms with E-state index in [4.69, 9.17) is 23.2 Å². The molecule has 0 fully saturated rings. The van der Waals surface area contributed by atoms with E-state index in [2.05, 4.69) is 10.1 Å². The van der Waals surface area contributed by atoms with Crippen LogP contribution in [-0.4, -0.2) is 12.5 Å². The largest absolute Gasteiger partial charge is 0.433 e. The number of alkyl halides is 2. The van der Waals surface area contributed by atoms with Gasteiger partial charge in [-0.15, -0.1) is 0 Å². The summed E-state index contributed by atoms with van der Waals surface area (Å²) >= 11 is 13.7. The predicted molar refractivity (Wildman–Crippen MR) is 90.2 cm³/mol. The minimum absolute atomic E-state index is 0.0288. The number of amides is 1. The maximum Gasteiger partial charge on any atom is 0.387 e. The lowest BCUT2D eigenvalue weighted by Gasteiger charge is -2.10. The summed E-state index contributed by atoms with van der Waals surface area (Å²) in [6.07, 6.45) is 0. The van der Waals surface area contributed by atoms with Crippen LogP contribution < -0.4 is 10.1 Å². The van der Waals surface area contributed by atoms with Crippen LogP contribution in [0.1, 0.15) is 10.4 Å². The molecule has 22 heavy (non-hydrogen) atoms. The second-order valence-corrected chi connectivity index (χ2v) is 6.11. The van der Waals surface area contributed by atoms with Crippen molar-refractivity contribution in [1.29, 1.82) is 0 Å². The normalized spacial score (nSPS) is 10.6. The number of ether oxygens (including phenoxy) is 1. The molecule has 0 aliphatic rings. The zero-order valence-corrected chi connectivity index (χ0v) is 14.4. The molecule has 0 atom stereocenters. The van der Waals surface area contributed by atoms with Crippen LogP contribution in [0.15, 0.2) is 36.4 Å². The van der Waals surface area contributed by atoms with Crippen LogP contribution in [0.5, 0.6) is 5.75 Å². The van der Waals surface area contributed by atoms with Gasteiger partial charge >= 0.3 is 6.61 Å². The first-order chi connectivity index (χ1) is 10.4. The summed E-state index contributed by atoms with van der Waals surface area (Å²) < 4.78 is 29.3. The van der Waals surface area contributed by atoms with E-state index in [1.807, 2.05) is 22.6 Å². The van der Waals surface area contributed by atoms with E-state index in [0.717, 1.165) is 3.57 Å². The van der Waals surface area contributed by atoms with Crippen LogP contribution in [0.2, 0.25) is 10.0 Å². The molecule has 0 radical (unpaired) electrons. The first-order valence-corrected chi connectivity index (χ1v) is 7.71. The molecule has 0 aromatic heterocycles. The first kappa shape index (κ1) is 17.2. The Morgan fingerprint density at radius 3 is 2.55 bits per heavy atom. The fraction of sp³-hybridized carbons (Fsp3) is 0.0714. The standard InChI is InChI=1S/C14H8Cl2F2INO2/c15-7-1-3-11(19)9(5-7)13(21)20-8-2-4-12(10(16)6-8)22-14(17)18/h1-6,14H,(H,20,21). The van der Waals surface area contributed by atoms with E-state index in [0.29, 0.717) is 16.3 Å². The number of rotatable bonds is 4. The van der Waals surface area contributed by atoms with Crippen molar-refractivity contribution < 1.29 is 18.3 Å². The molecule has 0 aliphatic heterocycles. The van der Waals surface area contributed by atoms with Gasteiger partial charge in [0.2, 0.25) is 0 Å². The van der Waals surface area contributed by atoms with Gasteiger partial charge in [0, 0.05) is 14.3 Å². The molecule has 8 heteroatoms. The Morgan fingerprint density at radius 1 is 1.18 bits per heavy atom. The van der Waals surface area contributed by atoms with Gasteiger partial charge in [-0.2, -0.15) is 8.78 Å². The Kier molecular flexibility index (Phi) is 5.82. The zero-order chi connectivity index (χ0) is 16.3. The third kappa shape index (κ3) is 4.44. The number of benzene rings is 2. The summed E-state index contributed by atoms with van der Waals surface area (Å²) in [5.41, 5.74) is 0.754. The second kappa shape index (κ2) is 7.43. The van der Waals surface area contributed by atoms with Gasteiger partial charge in [-0.25, -0.2) is 0 Å². The highest BCUT2D eigenvalue weighted by molar-refractivity contribution is 14.1. The van der Waals surface area contributed by atoms with Crippen LogP contribution in [0.4, 0.5) is 14.5 Å². The van der Waals surface area contributed by atoms with E-state index < -0.39 is 6.61 Å². The highest BCUT2D eigenvalue weighted by atomic mass is 127. The van der Waals surface area contributed by atoms with Crippen molar-refractivity contribution in [2.24, 2.45) is 0 Å². The molecule has 3 nitrogen and oxygen atoms in total. The maximum atomic E-state index is 12.2. The summed E-state index contributed by atoms with van der Waals surface area (Å²) in [6.45, 7) is -2.97. The molecular formula is C14H8Cl2F2INO2. The van der Waals surface area contributed by atoms with Crippen molar-refractivity contribution >= 4 is 57.4 Å². The average Bonchev–Trinajstić information content (AvgIpc) is 2.44. The summed E-state index contributed by atoms with van der Waals surface area (Å²) in [6, 6.07) is 8.92. The molecule has 0 saturated carbocycles. The second-order valence-electron chi connectivity index (χ2n) is 4.10. The van der Waals surface area contributed by atoms with Gasteiger partial charge < -0.3 is 10.1 Å². The topological polar surface area (TPSA) is 38.3 Å². The summed E-state index contributed by atoms with van der Waals surface area (Å²) in [7, 11) is 0. The number of nitrogens with one attached hydrogen (secondary N) is 1. The molecule has 1 amide bonds. The summed E-state index contributed by atoms with van der Waals surface area (Å²) in [4.78, 5) is 12.2. The number of halogens is 5. The first-order valence-electron chi connectivity index (χ1n) is 5.87. The number of carbonyl (C=O) groups excluding carboxylic acids is 1. The van der Waals surface area contributed by atoms with Crippen LogP contribution in [0, 0.1) is 3.57 Å². The molecule has 2 aromatic carbocycles. The van der Waals surface area contributed by atoms with Gasteiger partial charge in [0.05, 0.1) is 10.6 Å². The molecular weight excluding hydrogens is 450 g/mol. The van der Waals surface area contributed by atoms with Crippen molar-refractivity contribution in [3.63, 3.8) is 0 Å². The molecule has 116 valence electrons. The van der Waals surface area contributed by atoms with Gasteiger partial charge in [0.25, 0.3) is 5.91 Å². The summed E-state index contributed by atoms with van der Waals surface area (Å²) in [5.74, 6) is -0.544. The number of anilines is 1. The van der Waals surface area contributed by atoms with Crippen molar-refractivity contribution in [3.05, 3.63) is 55.6 Å². The van der Waals surface area contributed by atoms with Crippen molar-refractivity contribution in [1.82, 2.24) is 0 Å². The van der Waals surface area contributed by atoms with Crippen LogP contribution >= 0.6 is 45.8 Å². The Morgan fingerprint density at radius 2 is 1.91 bits per heavy atom. The highest BCUT2D eigenvalue weighted by Gasteiger charge is 2.13. The smallest absolute Gasteiger partial charge is 0.387 e. The van der Waals surface area contributed by atoms with Gasteiger partial charge in [0.15, 0.2) is 0 Å². The van der Waals surface area contributed by atoms with Crippen molar-refractivity contribution in [2.45, 2.75) is 6.61 Å². The lowest BCUT2D eigenvalue weighted by molar-refractivity contribution is -0.0497. The predicted octanol–water partition coefficient (Wildman–Crippen LogP) is 5.45. The molecule has 0 unspecified atom stereocenters. The van der Waals surface area contributed by atoms with Crippen LogP contribution in [0.25, 0.3) is 0 Å². The Hall–Kier alpha value is -1.12. The molecule has 0 heterocycles. The van der Waals surface area contributed by atoms with E-state index in [1.165, 1.54) is 24.3 Å². The van der Waals surface area contributed by atoms with E-state index >= 15 is 0 Å². The molecule has 2 aromatic rings. The van der Waals surface area contributed by atoms with Gasteiger partial charge in [0.1, 0.15) is 5.75 Å². The van der Waals surface area contributed by atoms with E-state index in [-0.39, 0.29) is 16.7 Å². The Labute approximate surface area is 148 Å². The minimum Gasteiger partial charge on any atom is -0.433 e. The summed E-state index contributed by atoms with van der Waals surface area (Å²) in [5, 5.41) is 3.02. The van der Waals surface area contributed by atoms with E-state index in [9.17, 15) is 13.6 Å². The SMILES string of the molecule is O=C(Nc1ccc(OC(F)F)c(Cl)c1)c1cc(Cl)ccc1I. The average molecular weight is 458 g/mol. The minimum atomic E-state index is -2.97. The van der Waals surface area contributed by atoms with Crippen molar-refractivity contribution in [2.75, 3.05) is 5.32 Å². The fourth-order valence-electron chi connectivity index (χ4n) is 1.64. The third-order valence-corrected chi connectivity index (χ3v) is 4.05. The van der Waals surface area contributed by atoms with Gasteiger partial charge in [-0.3, -0.25) is 4.79 Å². The third-order valence-electron chi connectivity index (χ3n) is 2.58. The molecule has 0 bridgehead atoms. The fourth-order valence-corrected chi connectivity index (χ4v) is 2.62. The highest BCUT2D eigenvalue weighted by Crippen LogP contribution is 2.29. The maximum absolute atomic E-state index is 12.2. The molecule has 2 rings (SSSR count). The lowest BCUT2D eigenvalue weighted by atomic mass is 10.2. The van der Waals surface area contributed by atoms with Crippen molar-refractivity contribution in [3.8, 4) is 5.75 Å². The monoisotopic (exact) mass is 457 g/mol. The number of carbonyl (C=O) groups is 1. The van der Waals surface area contributed by atoms with E-state index in [1.54, 1.807) is 12.1 Å².